The van der Waals surface area contributed by atoms with Crippen molar-refractivity contribution >= 4 is 34.8 Å². The standard InChI is InChI=1S/C12H13FN4O3S/c13-7-2-1-3-8-10(7)16-12(21-6-9(18)19)17(8)5-4-15-11(14)20/h1-3H,4-6H2,(H,18,19)(H3,14,15,20). The van der Waals surface area contributed by atoms with Gasteiger partial charge in [0.05, 0.1) is 11.3 Å². The molecule has 21 heavy (non-hydrogen) atoms. The summed E-state index contributed by atoms with van der Waals surface area (Å²) in [6, 6.07) is 3.85. The number of para-hydroxylation sites is 1. The number of benzene rings is 1. The molecule has 2 rings (SSSR count). The fourth-order valence-electron chi connectivity index (χ4n) is 1.83. The number of carboxylic acids is 1. The molecule has 0 aliphatic heterocycles. The van der Waals surface area contributed by atoms with Crippen molar-refractivity contribution in [3.8, 4) is 0 Å². The molecule has 1 heterocycles. The van der Waals surface area contributed by atoms with Gasteiger partial charge < -0.3 is 20.7 Å². The highest BCUT2D eigenvalue weighted by Gasteiger charge is 2.15. The molecule has 7 nitrogen and oxygen atoms in total. The highest BCUT2D eigenvalue weighted by Crippen LogP contribution is 2.25. The molecule has 0 fully saturated rings. The Bertz CT molecular complexity index is 688. The first-order chi connectivity index (χ1) is 9.99. The number of halogens is 1. The van der Waals surface area contributed by atoms with Gasteiger partial charge in [0.2, 0.25) is 0 Å². The van der Waals surface area contributed by atoms with Crippen LogP contribution in [0.15, 0.2) is 23.4 Å². The number of thioether (sulfide) groups is 1. The van der Waals surface area contributed by atoms with Crippen LogP contribution in [0.25, 0.3) is 11.0 Å². The Morgan fingerprint density at radius 2 is 2.24 bits per heavy atom. The van der Waals surface area contributed by atoms with E-state index in [-0.39, 0.29) is 17.8 Å². The Hall–Kier alpha value is -2.29. The van der Waals surface area contributed by atoms with E-state index in [0.717, 1.165) is 11.8 Å². The molecular formula is C12H13FN4O3S. The zero-order valence-electron chi connectivity index (χ0n) is 10.9. The number of nitrogens with zero attached hydrogens (tertiary/aromatic N) is 2. The zero-order valence-corrected chi connectivity index (χ0v) is 11.7. The van der Waals surface area contributed by atoms with E-state index >= 15 is 0 Å². The molecule has 0 radical (unpaired) electrons. The quantitative estimate of drug-likeness (QED) is 0.690. The van der Waals surface area contributed by atoms with Crippen molar-refractivity contribution in [2.24, 2.45) is 5.73 Å². The molecule has 0 saturated heterocycles. The molecule has 0 aliphatic carbocycles. The Kier molecular flexibility index (Phi) is 4.63. The van der Waals surface area contributed by atoms with Gasteiger partial charge in [-0.3, -0.25) is 4.79 Å². The number of carboxylic acid groups (broad SMARTS) is 1. The van der Waals surface area contributed by atoms with Crippen LogP contribution in [0.1, 0.15) is 0 Å². The largest absolute Gasteiger partial charge is 0.481 e. The Morgan fingerprint density at radius 1 is 1.48 bits per heavy atom. The lowest BCUT2D eigenvalue weighted by Crippen LogP contribution is -2.32. The second-order valence-electron chi connectivity index (χ2n) is 4.13. The van der Waals surface area contributed by atoms with Crippen LogP contribution in [-0.2, 0) is 11.3 Å². The number of carbonyl (C=O) groups excluding carboxylic acids is 1. The predicted molar refractivity (Wildman–Crippen MR) is 75.6 cm³/mol. The van der Waals surface area contributed by atoms with Gasteiger partial charge in [0.1, 0.15) is 5.52 Å². The highest BCUT2D eigenvalue weighted by molar-refractivity contribution is 7.99. The van der Waals surface area contributed by atoms with Gasteiger partial charge in [-0.2, -0.15) is 0 Å². The Balaban J connectivity index is 2.32. The third kappa shape index (κ3) is 3.63. The lowest BCUT2D eigenvalue weighted by Gasteiger charge is -2.08. The first kappa shape index (κ1) is 15.1. The molecule has 1 aromatic carbocycles. The number of aromatic nitrogens is 2. The summed E-state index contributed by atoms with van der Waals surface area (Å²) < 4.78 is 15.4. The number of imidazole rings is 1. The second kappa shape index (κ2) is 6.44. The lowest BCUT2D eigenvalue weighted by molar-refractivity contribution is -0.133. The third-order valence-electron chi connectivity index (χ3n) is 2.65. The lowest BCUT2D eigenvalue weighted by atomic mass is 10.3. The molecule has 1 aromatic heterocycles. The van der Waals surface area contributed by atoms with Crippen LogP contribution >= 0.6 is 11.8 Å². The minimum atomic E-state index is -0.991. The third-order valence-corrected chi connectivity index (χ3v) is 3.62. The van der Waals surface area contributed by atoms with E-state index in [2.05, 4.69) is 10.3 Å². The molecule has 0 saturated carbocycles. The van der Waals surface area contributed by atoms with Crippen LogP contribution in [0.3, 0.4) is 0 Å². The summed E-state index contributed by atoms with van der Waals surface area (Å²) in [4.78, 5) is 25.5. The van der Waals surface area contributed by atoms with Crippen molar-refractivity contribution in [3.05, 3.63) is 24.0 Å². The zero-order chi connectivity index (χ0) is 15.4. The monoisotopic (exact) mass is 312 g/mol. The van der Waals surface area contributed by atoms with E-state index < -0.39 is 17.8 Å². The van der Waals surface area contributed by atoms with Gasteiger partial charge >= 0.3 is 12.0 Å². The van der Waals surface area contributed by atoms with Crippen LogP contribution < -0.4 is 11.1 Å². The van der Waals surface area contributed by atoms with Crippen molar-refractivity contribution in [2.75, 3.05) is 12.3 Å². The highest BCUT2D eigenvalue weighted by atomic mass is 32.2. The second-order valence-corrected chi connectivity index (χ2v) is 5.07. The topological polar surface area (TPSA) is 110 Å². The van der Waals surface area contributed by atoms with Crippen LogP contribution in [0, 0.1) is 5.82 Å². The minimum Gasteiger partial charge on any atom is -0.481 e. The van der Waals surface area contributed by atoms with Crippen LogP contribution in [-0.4, -0.2) is 39.0 Å². The number of aliphatic carboxylic acids is 1. The molecule has 0 bridgehead atoms. The number of fused-ring (bicyclic) bond motifs is 1. The molecule has 0 unspecified atom stereocenters. The maximum absolute atomic E-state index is 13.7. The molecular weight excluding hydrogens is 299 g/mol. The van der Waals surface area contributed by atoms with Crippen molar-refractivity contribution in [3.63, 3.8) is 0 Å². The summed E-state index contributed by atoms with van der Waals surface area (Å²) in [6.45, 7) is 0.544. The van der Waals surface area contributed by atoms with Gasteiger partial charge in [-0.1, -0.05) is 17.8 Å². The number of carbonyl (C=O) groups is 2. The van der Waals surface area contributed by atoms with E-state index in [0.29, 0.717) is 17.2 Å². The fourth-order valence-corrected chi connectivity index (χ4v) is 2.59. The molecule has 0 aliphatic rings. The van der Waals surface area contributed by atoms with Crippen molar-refractivity contribution in [1.82, 2.24) is 14.9 Å². The molecule has 9 heteroatoms. The number of amides is 2. The van der Waals surface area contributed by atoms with Crippen LogP contribution in [0.4, 0.5) is 9.18 Å². The molecule has 0 spiro atoms. The summed E-state index contributed by atoms with van der Waals surface area (Å²) in [5, 5.41) is 11.5. The fraction of sp³-hybridized carbons (Fsp3) is 0.250. The van der Waals surface area contributed by atoms with E-state index in [4.69, 9.17) is 10.8 Å². The Morgan fingerprint density at radius 3 is 2.90 bits per heavy atom. The molecule has 2 amide bonds. The maximum atomic E-state index is 13.7. The van der Waals surface area contributed by atoms with Crippen molar-refractivity contribution in [2.45, 2.75) is 11.7 Å². The first-order valence-electron chi connectivity index (χ1n) is 6.01. The maximum Gasteiger partial charge on any atom is 0.313 e. The van der Waals surface area contributed by atoms with Gasteiger partial charge in [-0.15, -0.1) is 0 Å². The van der Waals surface area contributed by atoms with E-state index in [1.165, 1.54) is 6.07 Å². The molecule has 2 aromatic rings. The SMILES string of the molecule is NC(=O)NCCn1c(SCC(=O)O)nc2c(F)cccc21. The van der Waals surface area contributed by atoms with E-state index in [1.807, 2.05) is 0 Å². The van der Waals surface area contributed by atoms with Crippen molar-refractivity contribution in [1.29, 1.82) is 0 Å². The number of nitrogens with two attached hydrogens (primary N) is 1. The summed E-state index contributed by atoms with van der Waals surface area (Å²) in [6.07, 6.45) is 0. The number of primary amides is 1. The number of urea groups is 1. The predicted octanol–water partition coefficient (Wildman–Crippen LogP) is 1.02. The minimum absolute atomic E-state index is 0.171. The molecule has 112 valence electrons. The number of hydrogen-bond acceptors (Lipinski definition) is 4. The van der Waals surface area contributed by atoms with Gasteiger partial charge in [-0.25, -0.2) is 14.2 Å². The number of hydrogen-bond donors (Lipinski definition) is 3. The molecule has 4 N–H and O–H groups in total. The number of nitrogens with one attached hydrogen (secondary N) is 1. The number of rotatable bonds is 6. The Labute approximate surface area is 123 Å². The van der Waals surface area contributed by atoms with Gasteiger partial charge in [0.15, 0.2) is 11.0 Å². The summed E-state index contributed by atoms with van der Waals surface area (Å²) in [7, 11) is 0. The van der Waals surface area contributed by atoms with E-state index in [1.54, 1.807) is 16.7 Å². The normalized spacial score (nSPS) is 10.7. The smallest absolute Gasteiger partial charge is 0.313 e. The van der Waals surface area contributed by atoms with Gasteiger partial charge in [0.25, 0.3) is 0 Å². The molecule has 0 atom stereocenters. The average Bonchev–Trinajstić information content (AvgIpc) is 2.76. The summed E-state index contributed by atoms with van der Waals surface area (Å²) >= 11 is 0.990. The van der Waals surface area contributed by atoms with Crippen molar-refractivity contribution < 1.29 is 19.1 Å². The van der Waals surface area contributed by atoms with Crippen LogP contribution in [0.2, 0.25) is 0 Å². The summed E-state index contributed by atoms with van der Waals surface area (Å²) in [5.41, 5.74) is 5.69. The summed E-state index contributed by atoms with van der Waals surface area (Å²) in [5.74, 6) is -1.66. The van der Waals surface area contributed by atoms with Crippen LogP contribution in [0.5, 0.6) is 0 Å². The van der Waals surface area contributed by atoms with E-state index in [9.17, 15) is 14.0 Å². The average molecular weight is 312 g/mol. The first-order valence-corrected chi connectivity index (χ1v) is 7.00. The van der Waals surface area contributed by atoms with Gasteiger partial charge in [0, 0.05) is 13.1 Å². The van der Waals surface area contributed by atoms with Gasteiger partial charge in [-0.05, 0) is 12.1 Å².